The van der Waals surface area contributed by atoms with E-state index in [-0.39, 0.29) is 0 Å². The van der Waals surface area contributed by atoms with E-state index in [1.54, 1.807) is 0 Å². The van der Waals surface area contributed by atoms with Crippen molar-refractivity contribution in [2.45, 2.75) is 6.54 Å². The summed E-state index contributed by atoms with van der Waals surface area (Å²) < 4.78 is 0. The molecule has 1 heterocycles. The second-order valence-corrected chi connectivity index (χ2v) is 1.73. The van der Waals surface area contributed by atoms with Crippen LogP contribution >= 0.6 is 0 Å². The number of aromatic nitrogens is 2. The predicted octanol–water partition coefficient (Wildman–Crippen LogP) is -0.0899. The maximum Gasteiger partial charge on any atom is 0.147 e. The van der Waals surface area contributed by atoms with Crippen LogP contribution in [0.4, 0.5) is 5.82 Å². The van der Waals surface area contributed by atoms with E-state index in [0.717, 1.165) is 11.5 Å². The van der Waals surface area contributed by atoms with E-state index in [1.165, 1.54) is 0 Å². The highest BCUT2D eigenvalue weighted by atomic mass is 15.2. The second-order valence-electron chi connectivity index (χ2n) is 1.73. The Morgan fingerprint density at radius 1 is 1.89 bits per heavy atom. The van der Waals surface area contributed by atoms with Gasteiger partial charge in [0.05, 0.1) is 5.69 Å². The molecule has 1 rings (SSSR count). The highest BCUT2D eigenvalue weighted by molar-refractivity contribution is 5.33. The summed E-state index contributed by atoms with van der Waals surface area (Å²) in [6.45, 7) is 0.509. The number of nitrogens with zero attached hydrogens (tertiary/aromatic N) is 1. The van der Waals surface area contributed by atoms with Gasteiger partial charge >= 0.3 is 0 Å². The van der Waals surface area contributed by atoms with Crippen LogP contribution in [0.2, 0.25) is 0 Å². The smallest absolute Gasteiger partial charge is 0.147 e. The van der Waals surface area contributed by atoms with Gasteiger partial charge in [0.1, 0.15) is 5.82 Å². The average molecular weight is 126 g/mol. The Bertz CT molecular complexity index is 162. The molecule has 50 valence electrons. The molecule has 0 aliphatic heterocycles. The Morgan fingerprint density at radius 3 is 3.00 bits per heavy atom. The zero-order valence-electron chi connectivity index (χ0n) is 5.31. The van der Waals surface area contributed by atoms with E-state index < -0.39 is 0 Å². The summed E-state index contributed by atoms with van der Waals surface area (Å²) in [5, 5.41) is 9.54. The van der Waals surface area contributed by atoms with Crippen molar-refractivity contribution in [2.75, 3.05) is 12.4 Å². The number of aromatic amines is 1. The molecule has 1 aromatic rings. The summed E-state index contributed by atoms with van der Waals surface area (Å²) >= 11 is 0. The third kappa shape index (κ3) is 1.20. The summed E-state index contributed by atoms with van der Waals surface area (Å²) in [6, 6.07) is 1.88. The van der Waals surface area contributed by atoms with Gasteiger partial charge in [-0.3, -0.25) is 5.10 Å². The van der Waals surface area contributed by atoms with Crippen LogP contribution in [0.3, 0.4) is 0 Å². The topological polar surface area (TPSA) is 66.7 Å². The molecule has 0 aliphatic rings. The van der Waals surface area contributed by atoms with Crippen molar-refractivity contribution in [3.05, 3.63) is 11.8 Å². The van der Waals surface area contributed by atoms with Gasteiger partial charge in [-0.25, -0.2) is 0 Å². The molecule has 0 fully saturated rings. The van der Waals surface area contributed by atoms with E-state index in [1.807, 2.05) is 13.1 Å². The minimum atomic E-state index is 0.509. The van der Waals surface area contributed by atoms with Crippen molar-refractivity contribution in [2.24, 2.45) is 5.73 Å². The van der Waals surface area contributed by atoms with E-state index in [0.29, 0.717) is 6.54 Å². The molecule has 1 aromatic heterocycles. The van der Waals surface area contributed by atoms with Gasteiger partial charge in [-0.05, 0) is 0 Å². The number of hydrogen-bond acceptors (Lipinski definition) is 3. The van der Waals surface area contributed by atoms with Gasteiger partial charge in [-0.2, -0.15) is 5.10 Å². The Balaban J connectivity index is 2.74. The van der Waals surface area contributed by atoms with Crippen LogP contribution in [-0.4, -0.2) is 17.2 Å². The minimum Gasteiger partial charge on any atom is -0.372 e. The molecule has 0 spiro atoms. The molecule has 0 saturated carbocycles. The number of nitrogens with one attached hydrogen (secondary N) is 2. The molecule has 9 heavy (non-hydrogen) atoms. The SMILES string of the molecule is CNc1cc(CN)[nH]n1. The third-order valence-corrected chi connectivity index (χ3v) is 1.11. The van der Waals surface area contributed by atoms with Gasteiger partial charge in [0.15, 0.2) is 0 Å². The second kappa shape index (κ2) is 2.50. The fourth-order valence-corrected chi connectivity index (χ4v) is 0.594. The maximum atomic E-state index is 5.32. The monoisotopic (exact) mass is 126 g/mol. The lowest BCUT2D eigenvalue weighted by atomic mass is 10.4. The molecular formula is C5H10N4. The number of hydrogen-bond donors (Lipinski definition) is 3. The van der Waals surface area contributed by atoms with E-state index in [2.05, 4.69) is 15.5 Å². The Kier molecular flexibility index (Phi) is 1.69. The van der Waals surface area contributed by atoms with E-state index in [9.17, 15) is 0 Å². The maximum absolute atomic E-state index is 5.32. The van der Waals surface area contributed by atoms with Crippen LogP contribution in [0.25, 0.3) is 0 Å². The molecule has 0 aliphatic carbocycles. The fourth-order valence-electron chi connectivity index (χ4n) is 0.594. The van der Waals surface area contributed by atoms with Gasteiger partial charge in [-0.15, -0.1) is 0 Å². The molecular weight excluding hydrogens is 116 g/mol. The van der Waals surface area contributed by atoms with Crippen LogP contribution in [-0.2, 0) is 6.54 Å². The fraction of sp³-hybridized carbons (Fsp3) is 0.400. The first-order valence-corrected chi connectivity index (χ1v) is 2.79. The lowest BCUT2D eigenvalue weighted by Crippen LogP contribution is -1.95. The normalized spacial score (nSPS) is 9.56. The molecule has 4 heteroatoms. The average Bonchev–Trinajstić information content (AvgIpc) is 2.34. The van der Waals surface area contributed by atoms with Crippen LogP contribution < -0.4 is 11.1 Å². The predicted molar refractivity (Wildman–Crippen MR) is 36.0 cm³/mol. The van der Waals surface area contributed by atoms with Crippen molar-refractivity contribution in [1.82, 2.24) is 10.2 Å². The summed E-state index contributed by atoms with van der Waals surface area (Å²) in [7, 11) is 1.82. The lowest BCUT2D eigenvalue weighted by Gasteiger charge is -1.85. The van der Waals surface area contributed by atoms with Gasteiger partial charge in [-0.1, -0.05) is 0 Å². The summed E-state index contributed by atoms with van der Waals surface area (Å²) in [6.07, 6.45) is 0. The van der Waals surface area contributed by atoms with Crippen LogP contribution in [0.1, 0.15) is 5.69 Å². The Hall–Kier alpha value is -1.03. The van der Waals surface area contributed by atoms with Crippen LogP contribution in [0.15, 0.2) is 6.07 Å². The molecule has 0 radical (unpaired) electrons. The Labute approximate surface area is 53.4 Å². The molecule has 0 aromatic carbocycles. The van der Waals surface area contributed by atoms with Crippen molar-refractivity contribution in [1.29, 1.82) is 0 Å². The molecule has 4 nitrogen and oxygen atoms in total. The zero-order chi connectivity index (χ0) is 6.69. The van der Waals surface area contributed by atoms with Crippen molar-refractivity contribution in [3.8, 4) is 0 Å². The number of rotatable bonds is 2. The van der Waals surface area contributed by atoms with Crippen molar-refractivity contribution < 1.29 is 0 Å². The highest BCUT2D eigenvalue weighted by Gasteiger charge is 1.93. The van der Waals surface area contributed by atoms with Crippen molar-refractivity contribution >= 4 is 5.82 Å². The number of nitrogens with two attached hydrogens (primary N) is 1. The standard InChI is InChI=1S/C5H10N4/c1-7-5-2-4(3-6)8-9-5/h2H,3,6H2,1H3,(H2,7,8,9). The molecule has 0 bridgehead atoms. The lowest BCUT2D eigenvalue weighted by molar-refractivity contribution is 0.948. The van der Waals surface area contributed by atoms with E-state index in [4.69, 9.17) is 5.73 Å². The Morgan fingerprint density at radius 2 is 2.67 bits per heavy atom. The van der Waals surface area contributed by atoms with Crippen LogP contribution in [0, 0.1) is 0 Å². The van der Waals surface area contributed by atoms with Gasteiger partial charge in [0.25, 0.3) is 0 Å². The third-order valence-electron chi connectivity index (χ3n) is 1.11. The molecule has 0 saturated heterocycles. The quantitative estimate of drug-likeness (QED) is 0.518. The van der Waals surface area contributed by atoms with Crippen molar-refractivity contribution in [3.63, 3.8) is 0 Å². The number of H-pyrrole nitrogens is 1. The van der Waals surface area contributed by atoms with Crippen LogP contribution in [0.5, 0.6) is 0 Å². The first-order chi connectivity index (χ1) is 4.36. The minimum absolute atomic E-state index is 0.509. The first kappa shape index (κ1) is 6.10. The largest absolute Gasteiger partial charge is 0.372 e. The molecule has 0 unspecified atom stereocenters. The van der Waals surface area contributed by atoms with Gasteiger partial charge in [0, 0.05) is 19.7 Å². The zero-order valence-corrected chi connectivity index (χ0v) is 5.31. The highest BCUT2D eigenvalue weighted by Crippen LogP contribution is 2.01. The number of anilines is 1. The summed E-state index contributed by atoms with van der Waals surface area (Å²) in [4.78, 5) is 0. The molecule has 4 N–H and O–H groups in total. The summed E-state index contributed by atoms with van der Waals surface area (Å²) in [5.74, 6) is 0.829. The van der Waals surface area contributed by atoms with Gasteiger partial charge < -0.3 is 11.1 Å². The first-order valence-electron chi connectivity index (χ1n) is 2.79. The summed E-state index contributed by atoms with van der Waals surface area (Å²) in [5.41, 5.74) is 6.26. The van der Waals surface area contributed by atoms with Gasteiger partial charge in [0.2, 0.25) is 0 Å². The molecule has 0 amide bonds. The molecule has 0 atom stereocenters. The van der Waals surface area contributed by atoms with E-state index >= 15 is 0 Å².